The molecule has 4 rings (SSSR count). The molecule has 136 valence electrons. The molecule has 24 heavy (non-hydrogen) atoms. The molecule has 4 fully saturated rings. The van der Waals surface area contributed by atoms with Gasteiger partial charge in [0.2, 0.25) is 11.8 Å². The van der Waals surface area contributed by atoms with Crippen LogP contribution in [0, 0.1) is 17.8 Å². The van der Waals surface area contributed by atoms with Gasteiger partial charge in [-0.25, -0.2) is 0 Å². The van der Waals surface area contributed by atoms with Crippen LogP contribution in [0.4, 0.5) is 0 Å². The van der Waals surface area contributed by atoms with Gasteiger partial charge in [0.25, 0.3) is 0 Å². The zero-order chi connectivity index (χ0) is 15.8. The lowest BCUT2D eigenvalue weighted by molar-refractivity contribution is -0.141. The Morgan fingerprint density at radius 2 is 2.04 bits per heavy atom. The Bertz CT molecular complexity index is 487. The van der Waals surface area contributed by atoms with Crippen molar-refractivity contribution in [2.75, 3.05) is 32.7 Å². The second-order valence-corrected chi connectivity index (χ2v) is 8.04. The molecule has 2 amide bonds. The minimum Gasteiger partial charge on any atom is -0.341 e. The van der Waals surface area contributed by atoms with Gasteiger partial charge in [0.05, 0.1) is 6.54 Å². The number of hydrogen-bond acceptors (Lipinski definition) is 3. The van der Waals surface area contributed by atoms with Gasteiger partial charge in [0, 0.05) is 38.6 Å². The smallest absolute Gasteiger partial charge is 0.236 e. The number of carbonyl (C=O) groups excluding carboxylic acids is 2. The lowest BCUT2D eigenvalue weighted by Gasteiger charge is -2.41. The molecule has 2 aliphatic heterocycles. The first-order valence-corrected chi connectivity index (χ1v) is 9.48. The van der Waals surface area contributed by atoms with Crippen molar-refractivity contribution in [3.63, 3.8) is 0 Å². The highest BCUT2D eigenvalue weighted by Gasteiger charge is 2.41. The summed E-state index contributed by atoms with van der Waals surface area (Å²) in [5.74, 6) is 2.91. The van der Waals surface area contributed by atoms with E-state index in [0.717, 1.165) is 57.3 Å². The number of nitrogens with zero attached hydrogens (tertiary/aromatic N) is 2. The van der Waals surface area contributed by atoms with E-state index < -0.39 is 0 Å². The summed E-state index contributed by atoms with van der Waals surface area (Å²) in [4.78, 5) is 28.9. The van der Waals surface area contributed by atoms with Crippen LogP contribution >= 0.6 is 12.4 Å². The molecule has 0 radical (unpaired) electrons. The predicted molar refractivity (Wildman–Crippen MR) is 95.0 cm³/mol. The Balaban J connectivity index is 0.00000169. The zero-order valence-corrected chi connectivity index (χ0v) is 15.2. The first kappa shape index (κ1) is 18.0. The van der Waals surface area contributed by atoms with Crippen LogP contribution in [0.5, 0.6) is 0 Å². The van der Waals surface area contributed by atoms with Crippen molar-refractivity contribution >= 4 is 24.2 Å². The van der Waals surface area contributed by atoms with Crippen LogP contribution < -0.4 is 5.32 Å². The lowest BCUT2D eigenvalue weighted by atomic mass is 9.86. The third-order valence-electron chi connectivity index (χ3n) is 6.64. The third-order valence-corrected chi connectivity index (χ3v) is 6.64. The van der Waals surface area contributed by atoms with Gasteiger partial charge < -0.3 is 15.1 Å². The van der Waals surface area contributed by atoms with Gasteiger partial charge >= 0.3 is 0 Å². The largest absolute Gasteiger partial charge is 0.341 e. The molecule has 2 saturated carbocycles. The standard InChI is InChI=1S/C18H29N3O2.ClH/c22-17(10-15-9-13-3-4-14(15)8-13)20-6-1-2-16(12-20)21-7-5-19-11-18(21)23;/h13-16,19H,1-12H2;1H. The Labute approximate surface area is 150 Å². The minimum absolute atomic E-state index is 0. The summed E-state index contributed by atoms with van der Waals surface area (Å²) >= 11 is 0. The molecule has 1 N–H and O–H groups in total. The fourth-order valence-electron chi connectivity index (χ4n) is 5.42. The van der Waals surface area contributed by atoms with Gasteiger partial charge in [-0.3, -0.25) is 9.59 Å². The number of rotatable bonds is 3. The third kappa shape index (κ3) is 3.57. The number of nitrogens with one attached hydrogen (secondary N) is 1. The molecular formula is C18H30ClN3O2. The summed E-state index contributed by atoms with van der Waals surface area (Å²) in [5, 5.41) is 3.13. The Hall–Kier alpha value is -0.810. The number of fused-ring (bicyclic) bond motifs is 2. The molecule has 4 atom stereocenters. The van der Waals surface area contributed by atoms with Crippen LogP contribution in [0.15, 0.2) is 0 Å². The lowest BCUT2D eigenvalue weighted by Crippen LogP contribution is -2.57. The van der Waals surface area contributed by atoms with Gasteiger partial charge in [0.15, 0.2) is 0 Å². The second-order valence-electron chi connectivity index (χ2n) is 8.04. The molecule has 2 aliphatic carbocycles. The van der Waals surface area contributed by atoms with Gasteiger partial charge in [-0.1, -0.05) is 6.42 Å². The summed E-state index contributed by atoms with van der Waals surface area (Å²) in [6.07, 6.45) is 8.23. The van der Waals surface area contributed by atoms with Crippen LogP contribution in [-0.4, -0.2) is 60.4 Å². The van der Waals surface area contributed by atoms with E-state index in [-0.39, 0.29) is 24.4 Å². The molecule has 2 saturated heterocycles. The first-order valence-electron chi connectivity index (χ1n) is 9.48. The van der Waals surface area contributed by atoms with Crippen molar-refractivity contribution in [1.82, 2.24) is 15.1 Å². The van der Waals surface area contributed by atoms with Crippen LogP contribution in [0.3, 0.4) is 0 Å². The summed E-state index contributed by atoms with van der Waals surface area (Å²) in [7, 11) is 0. The van der Waals surface area contributed by atoms with Crippen molar-refractivity contribution in [2.24, 2.45) is 17.8 Å². The van der Waals surface area contributed by atoms with E-state index in [4.69, 9.17) is 0 Å². The highest BCUT2D eigenvalue weighted by molar-refractivity contribution is 5.85. The highest BCUT2D eigenvalue weighted by atomic mass is 35.5. The van der Waals surface area contributed by atoms with E-state index >= 15 is 0 Å². The molecule has 2 bridgehead atoms. The van der Waals surface area contributed by atoms with E-state index in [1.807, 2.05) is 4.90 Å². The van der Waals surface area contributed by atoms with Crippen molar-refractivity contribution in [2.45, 2.75) is 51.0 Å². The SMILES string of the molecule is Cl.O=C(CC1CC2CCC1C2)N1CCCC(N2CCNCC2=O)C1. The summed E-state index contributed by atoms with van der Waals surface area (Å²) in [6, 6.07) is 0.238. The minimum atomic E-state index is 0. The van der Waals surface area contributed by atoms with Crippen molar-refractivity contribution in [3.8, 4) is 0 Å². The number of piperazine rings is 1. The Morgan fingerprint density at radius 3 is 2.75 bits per heavy atom. The number of carbonyl (C=O) groups is 2. The number of likely N-dealkylation sites (tertiary alicyclic amines) is 1. The van der Waals surface area contributed by atoms with Gasteiger partial charge in [-0.05, 0) is 49.9 Å². The highest BCUT2D eigenvalue weighted by Crippen LogP contribution is 2.49. The summed E-state index contributed by atoms with van der Waals surface area (Å²) in [5.41, 5.74) is 0. The van der Waals surface area contributed by atoms with Crippen LogP contribution in [0.1, 0.15) is 44.9 Å². The molecule has 0 spiro atoms. The second kappa shape index (κ2) is 7.61. The summed E-state index contributed by atoms with van der Waals surface area (Å²) < 4.78 is 0. The molecular weight excluding hydrogens is 326 g/mol. The molecule has 5 nitrogen and oxygen atoms in total. The number of hydrogen-bond donors (Lipinski definition) is 1. The number of amides is 2. The van der Waals surface area contributed by atoms with E-state index in [9.17, 15) is 9.59 Å². The summed E-state index contributed by atoms with van der Waals surface area (Å²) in [6.45, 7) is 3.76. The zero-order valence-electron chi connectivity index (χ0n) is 14.4. The van der Waals surface area contributed by atoms with E-state index in [2.05, 4.69) is 10.2 Å². The van der Waals surface area contributed by atoms with Crippen molar-refractivity contribution in [1.29, 1.82) is 0 Å². The molecule has 0 aromatic heterocycles. The quantitative estimate of drug-likeness (QED) is 0.837. The fourth-order valence-corrected chi connectivity index (χ4v) is 5.42. The molecule has 0 aromatic carbocycles. The maximum atomic E-state index is 12.8. The maximum Gasteiger partial charge on any atom is 0.236 e. The number of halogens is 1. The average Bonchev–Trinajstić information content (AvgIpc) is 3.18. The normalized spacial score (nSPS) is 35.9. The molecule has 6 heteroatoms. The topological polar surface area (TPSA) is 52.7 Å². The maximum absolute atomic E-state index is 12.8. The average molecular weight is 356 g/mol. The molecule has 4 unspecified atom stereocenters. The fraction of sp³-hybridized carbons (Fsp3) is 0.889. The first-order chi connectivity index (χ1) is 11.2. The predicted octanol–water partition coefficient (Wildman–Crippen LogP) is 1.66. The van der Waals surface area contributed by atoms with Crippen LogP contribution in [0.25, 0.3) is 0 Å². The monoisotopic (exact) mass is 355 g/mol. The van der Waals surface area contributed by atoms with E-state index in [1.165, 1.54) is 25.7 Å². The Kier molecular flexibility index (Phi) is 5.70. The van der Waals surface area contributed by atoms with Crippen LogP contribution in [0.2, 0.25) is 0 Å². The van der Waals surface area contributed by atoms with Gasteiger partial charge in [-0.15, -0.1) is 12.4 Å². The van der Waals surface area contributed by atoms with E-state index in [0.29, 0.717) is 18.4 Å². The molecule has 4 aliphatic rings. The van der Waals surface area contributed by atoms with Crippen molar-refractivity contribution < 1.29 is 9.59 Å². The number of piperidine rings is 1. The Morgan fingerprint density at radius 1 is 1.17 bits per heavy atom. The van der Waals surface area contributed by atoms with Gasteiger partial charge in [-0.2, -0.15) is 0 Å². The van der Waals surface area contributed by atoms with Crippen LogP contribution in [-0.2, 0) is 9.59 Å². The molecule has 0 aromatic rings. The van der Waals surface area contributed by atoms with E-state index in [1.54, 1.807) is 0 Å². The molecule has 2 heterocycles. The van der Waals surface area contributed by atoms with Gasteiger partial charge in [0.1, 0.15) is 0 Å². The van der Waals surface area contributed by atoms with Crippen molar-refractivity contribution in [3.05, 3.63) is 0 Å².